The Balaban J connectivity index is 2.93. The zero-order chi connectivity index (χ0) is 9.84. The van der Waals surface area contributed by atoms with Crippen LogP contribution in [0, 0.1) is 16.2 Å². The zero-order valence-electron chi connectivity index (χ0n) is 6.81. The van der Waals surface area contributed by atoms with Crippen LogP contribution in [0.4, 0.5) is 5.69 Å². The minimum atomic E-state index is -0.582. The molecule has 5 heteroatoms. The van der Waals surface area contributed by atoms with Crippen LogP contribution in [0.15, 0.2) is 18.2 Å². The van der Waals surface area contributed by atoms with Crippen molar-refractivity contribution in [3.63, 3.8) is 0 Å². The fourth-order valence-corrected chi connectivity index (χ4v) is 0.775. The second kappa shape index (κ2) is 3.66. The Kier molecular flexibility index (Phi) is 2.59. The molecule has 0 unspecified atom stereocenters. The molecule has 67 valence electrons. The third-order valence-electron chi connectivity index (χ3n) is 1.41. The maximum absolute atomic E-state index is 10.9. The van der Waals surface area contributed by atoms with Crippen molar-refractivity contribution in [1.29, 1.82) is 0 Å². The van der Waals surface area contributed by atoms with E-state index in [0.29, 0.717) is 0 Å². The van der Waals surface area contributed by atoms with Gasteiger partial charge in [-0.25, -0.2) is 4.79 Å². The van der Waals surface area contributed by atoms with Gasteiger partial charge in [0.1, 0.15) is 0 Å². The molecule has 1 radical (unpaired) electrons. The Morgan fingerprint density at radius 3 is 2.69 bits per heavy atom. The Morgan fingerprint density at radius 1 is 1.62 bits per heavy atom. The van der Waals surface area contributed by atoms with Crippen molar-refractivity contribution in [2.75, 3.05) is 7.11 Å². The second-order valence-electron chi connectivity index (χ2n) is 2.21. The van der Waals surface area contributed by atoms with E-state index in [2.05, 4.69) is 10.8 Å². The van der Waals surface area contributed by atoms with Gasteiger partial charge in [-0.3, -0.25) is 10.1 Å². The van der Waals surface area contributed by atoms with Crippen molar-refractivity contribution in [1.82, 2.24) is 0 Å². The summed E-state index contributed by atoms with van der Waals surface area (Å²) in [7, 11) is 1.24. The Labute approximate surface area is 74.1 Å². The van der Waals surface area contributed by atoms with Gasteiger partial charge in [-0.15, -0.1) is 0 Å². The summed E-state index contributed by atoms with van der Waals surface area (Å²) in [5, 5.41) is 10.2. The number of esters is 1. The number of carbonyl (C=O) groups excluding carboxylic acids is 1. The van der Waals surface area contributed by atoms with Gasteiger partial charge in [0, 0.05) is 6.07 Å². The minimum absolute atomic E-state index is 0.173. The monoisotopic (exact) mass is 180 g/mol. The number of nitro groups is 1. The van der Waals surface area contributed by atoms with Gasteiger partial charge in [0.25, 0.3) is 5.69 Å². The van der Waals surface area contributed by atoms with E-state index >= 15 is 0 Å². The van der Waals surface area contributed by atoms with Crippen LogP contribution in [0.2, 0.25) is 0 Å². The Hall–Kier alpha value is -1.91. The van der Waals surface area contributed by atoms with Gasteiger partial charge in [-0.2, -0.15) is 0 Å². The summed E-state index contributed by atoms with van der Waals surface area (Å²) in [6, 6.07) is 6.10. The number of nitro benzene ring substituents is 1. The number of methoxy groups -OCH3 is 1. The fraction of sp³-hybridized carbons (Fsp3) is 0.125. The lowest BCUT2D eigenvalue weighted by Crippen LogP contribution is -2.00. The largest absolute Gasteiger partial charge is 0.465 e. The first-order valence-electron chi connectivity index (χ1n) is 3.39. The fourth-order valence-electron chi connectivity index (χ4n) is 0.775. The van der Waals surface area contributed by atoms with Crippen molar-refractivity contribution < 1.29 is 14.5 Å². The molecule has 0 saturated heterocycles. The van der Waals surface area contributed by atoms with Crippen LogP contribution in [0.3, 0.4) is 0 Å². The SMILES string of the molecule is COC(=O)c1c[c]c([N+](=O)[O-])cc1. The van der Waals surface area contributed by atoms with E-state index in [0.717, 1.165) is 0 Å². The van der Waals surface area contributed by atoms with E-state index in [9.17, 15) is 14.9 Å². The molecule has 0 aliphatic rings. The van der Waals surface area contributed by atoms with E-state index < -0.39 is 10.9 Å². The summed E-state index contributed by atoms with van der Waals surface area (Å²) < 4.78 is 4.41. The lowest BCUT2D eigenvalue weighted by molar-refractivity contribution is -0.385. The summed E-state index contributed by atoms with van der Waals surface area (Å²) in [6.07, 6.45) is 0. The van der Waals surface area contributed by atoms with Crippen LogP contribution in [-0.2, 0) is 4.74 Å². The van der Waals surface area contributed by atoms with Crippen LogP contribution in [-0.4, -0.2) is 18.0 Å². The van der Waals surface area contributed by atoms with Crippen molar-refractivity contribution in [2.45, 2.75) is 0 Å². The molecule has 0 fully saturated rings. The molecule has 5 nitrogen and oxygen atoms in total. The molecule has 13 heavy (non-hydrogen) atoms. The molecular formula is C8H6NO4. The highest BCUT2D eigenvalue weighted by Gasteiger charge is 2.08. The highest BCUT2D eigenvalue weighted by molar-refractivity contribution is 5.89. The molecule has 0 atom stereocenters. The second-order valence-corrected chi connectivity index (χ2v) is 2.21. The molecule has 0 aromatic heterocycles. The van der Waals surface area contributed by atoms with E-state index in [1.165, 1.54) is 25.3 Å². The predicted octanol–water partition coefficient (Wildman–Crippen LogP) is 1.18. The normalized spacial score (nSPS) is 9.31. The maximum atomic E-state index is 10.9. The first kappa shape index (κ1) is 9.18. The average molecular weight is 180 g/mol. The summed E-state index contributed by atoms with van der Waals surface area (Å²) in [4.78, 5) is 20.5. The third kappa shape index (κ3) is 2.02. The molecule has 0 amide bonds. The van der Waals surface area contributed by atoms with Crippen LogP contribution in [0.1, 0.15) is 10.4 Å². The molecule has 1 aromatic rings. The number of non-ortho nitro benzene ring substituents is 1. The van der Waals surface area contributed by atoms with Gasteiger partial charge in [-0.1, -0.05) is 0 Å². The predicted molar refractivity (Wildman–Crippen MR) is 43.3 cm³/mol. The van der Waals surface area contributed by atoms with E-state index in [-0.39, 0.29) is 11.3 Å². The van der Waals surface area contributed by atoms with Crippen molar-refractivity contribution in [3.8, 4) is 0 Å². The number of rotatable bonds is 2. The standard InChI is InChI=1S/C8H6NO4/c1-13-8(10)6-2-4-7(5-3-6)9(11)12/h2-4H,1H3. The molecule has 0 bridgehead atoms. The van der Waals surface area contributed by atoms with Crippen LogP contribution in [0.5, 0.6) is 0 Å². The lowest BCUT2D eigenvalue weighted by Gasteiger charge is -1.96. The highest BCUT2D eigenvalue weighted by Crippen LogP contribution is 2.11. The summed E-state index contributed by atoms with van der Waals surface area (Å²) in [5.74, 6) is -0.536. The zero-order valence-corrected chi connectivity index (χ0v) is 6.81. The molecule has 0 heterocycles. The molecule has 0 saturated carbocycles. The topological polar surface area (TPSA) is 69.4 Å². The van der Waals surface area contributed by atoms with Gasteiger partial charge in [-0.05, 0) is 12.1 Å². The molecular weight excluding hydrogens is 174 g/mol. The number of hydrogen-bond acceptors (Lipinski definition) is 4. The van der Waals surface area contributed by atoms with E-state index in [1.807, 2.05) is 0 Å². The third-order valence-corrected chi connectivity index (χ3v) is 1.41. The number of ether oxygens (including phenoxy) is 1. The van der Waals surface area contributed by atoms with Gasteiger partial charge >= 0.3 is 5.97 Å². The van der Waals surface area contributed by atoms with Gasteiger partial charge in [0.2, 0.25) is 0 Å². The Bertz CT molecular complexity index is 331. The smallest absolute Gasteiger partial charge is 0.337 e. The molecule has 1 aromatic carbocycles. The lowest BCUT2D eigenvalue weighted by atomic mass is 10.2. The Morgan fingerprint density at radius 2 is 2.31 bits per heavy atom. The number of benzene rings is 1. The summed E-state index contributed by atoms with van der Waals surface area (Å²) >= 11 is 0. The first-order valence-corrected chi connectivity index (χ1v) is 3.39. The van der Waals surface area contributed by atoms with E-state index in [1.54, 1.807) is 0 Å². The van der Waals surface area contributed by atoms with Crippen molar-refractivity contribution >= 4 is 11.7 Å². The van der Waals surface area contributed by atoms with Crippen molar-refractivity contribution in [3.05, 3.63) is 39.9 Å². The molecule has 0 spiro atoms. The van der Waals surface area contributed by atoms with Crippen LogP contribution < -0.4 is 0 Å². The molecule has 0 N–H and O–H groups in total. The first-order chi connectivity index (χ1) is 6.15. The molecule has 0 aliphatic heterocycles. The summed E-state index contributed by atoms with van der Waals surface area (Å²) in [5.41, 5.74) is 0.0701. The van der Waals surface area contributed by atoms with Crippen molar-refractivity contribution in [2.24, 2.45) is 0 Å². The van der Waals surface area contributed by atoms with Gasteiger partial charge in [0.05, 0.1) is 23.7 Å². The van der Waals surface area contributed by atoms with Crippen LogP contribution >= 0.6 is 0 Å². The molecule has 0 aliphatic carbocycles. The number of carbonyl (C=O) groups is 1. The quantitative estimate of drug-likeness (QED) is 0.389. The highest BCUT2D eigenvalue weighted by atomic mass is 16.6. The van der Waals surface area contributed by atoms with Gasteiger partial charge < -0.3 is 4.74 Å². The van der Waals surface area contributed by atoms with Gasteiger partial charge in [0.15, 0.2) is 0 Å². The molecule has 1 rings (SSSR count). The van der Waals surface area contributed by atoms with E-state index in [4.69, 9.17) is 0 Å². The number of nitrogens with zero attached hydrogens (tertiary/aromatic N) is 1. The average Bonchev–Trinajstić information content (AvgIpc) is 2.17. The maximum Gasteiger partial charge on any atom is 0.337 e. The minimum Gasteiger partial charge on any atom is -0.465 e. The van der Waals surface area contributed by atoms with Crippen LogP contribution in [0.25, 0.3) is 0 Å². The summed E-state index contributed by atoms with van der Waals surface area (Å²) in [6.45, 7) is 0. The number of hydrogen-bond donors (Lipinski definition) is 0.